The average molecular weight is 558 g/mol. The number of halogens is 4. The van der Waals surface area contributed by atoms with Gasteiger partial charge in [0, 0.05) is 18.3 Å². The summed E-state index contributed by atoms with van der Waals surface area (Å²) in [7, 11) is 0. The van der Waals surface area contributed by atoms with E-state index in [1.165, 1.54) is 21.6 Å². The van der Waals surface area contributed by atoms with Crippen molar-refractivity contribution in [3.05, 3.63) is 61.3 Å². The minimum atomic E-state index is -4.57. The zero-order valence-corrected chi connectivity index (χ0v) is 20.6. The molecule has 36 heavy (non-hydrogen) atoms. The highest BCUT2D eigenvalue weighted by atomic mass is 35.5. The Morgan fingerprint density at radius 1 is 1.31 bits per heavy atom. The maximum Gasteiger partial charge on any atom is 0.416 e. The molecular weight excluding hydrogens is 543 g/mol. The molecule has 1 aliphatic rings. The second kappa shape index (κ2) is 9.01. The molecule has 9 nitrogen and oxygen atoms in total. The molecule has 188 valence electrons. The molecule has 1 atom stereocenters. The molecule has 0 spiro atoms. The van der Waals surface area contributed by atoms with Gasteiger partial charge in [-0.1, -0.05) is 22.9 Å². The number of alkyl halides is 3. The van der Waals surface area contributed by atoms with Crippen LogP contribution in [0.1, 0.15) is 43.5 Å². The SMILES string of the molecule is Cc1nn2c3c(nc2s1)CCN(C(=O)COc1ccc(C(F)(F)F)cc1Cl)C3c1nc(C(=O)O)cs1. The molecule has 4 aromatic rings. The number of amides is 1. The van der Waals surface area contributed by atoms with Gasteiger partial charge in [0.25, 0.3) is 5.91 Å². The smallest absolute Gasteiger partial charge is 0.416 e. The fraction of sp³-hybridized carbons (Fsp3) is 0.286. The number of imidazole rings is 1. The molecule has 1 aliphatic heterocycles. The van der Waals surface area contributed by atoms with E-state index < -0.39 is 36.3 Å². The lowest BCUT2D eigenvalue weighted by Gasteiger charge is -2.34. The number of carboxylic acid groups (broad SMARTS) is 1. The van der Waals surface area contributed by atoms with Gasteiger partial charge in [-0.15, -0.1) is 11.3 Å². The third-order valence-electron chi connectivity index (χ3n) is 5.48. The Kier molecular flexibility index (Phi) is 6.12. The van der Waals surface area contributed by atoms with E-state index in [1.54, 1.807) is 4.52 Å². The first kappa shape index (κ1) is 24.5. The lowest BCUT2D eigenvalue weighted by atomic mass is 10.0. The van der Waals surface area contributed by atoms with Crippen LogP contribution in [-0.2, 0) is 17.4 Å². The summed E-state index contributed by atoms with van der Waals surface area (Å²) in [6.07, 6.45) is -4.14. The molecule has 1 amide bonds. The maximum atomic E-state index is 13.3. The molecule has 5 rings (SSSR count). The fourth-order valence-corrected chi connectivity index (χ4v) is 5.82. The highest BCUT2D eigenvalue weighted by Gasteiger charge is 2.39. The third kappa shape index (κ3) is 4.40. The van der Waals surface area contributed by atoms with Crippen molar-refractivity contribution in [3.63, 3.8) is 0 Å². The summed E-state index contributed by atoms with van der Waals surface area (Å²) in [5.74, 6) is -1.76. The largest absolute Gasteiger partial charge is 0.482 e. The van der Waals surface area contributed by atoms with Crippen molar-refractivity contribution >= 4 is 51.1 Å². The van der Waals surface area contributed by atoms with E-state index in [1.807, 2.05) is 6.92 Å². The van der Waals surface area contributed by atoms with Gasteiger partial charge >= 0.3 is 12.1 Å². The summed E-state index contributed by atoms with van der Waals surface area (Å²) < 4.78 is 45.8. The number of hydrogen-bond donors (Lipinski definition) is 1. The molecular formula is C21H15ClF3N5O4S2. The molecule has 4 heterocycles. The highest BCUT2D eigenvalue weighted by Crippen LogP contribution is 2.38. The molecule has 0 aliphatic carbocycles. The van der Waals surface area contributed by atoms with Gasteiger partial charge in [0.2, 0.25) is 4.96 Å². The second-order valence-corrected chi connectivity index (χ2v) is 10.3. The number of nitrogens with zero attached hydrogens (tertiary/aromatic N) is 5. The number of rotatable bonds is 5. The number of benzene rings is 1. The Labute approximate surface area is 213 Å². The van der Waals surface area contributed by atoms with E-state index in [2.05, 4.69) is 15.1 Å². The Morgan fingerprint density at radius 2 is 2.08 bits per heavy atom. The molecule has 0 saturated carbocycles. The normalized spacial score (nSPS) is 15.8. The van der Waals surface area contributed by atoms with Gasteiger partial charge in [-0.25, -0.2) is 19.3 Å². The molecule has 0 radical (unpaired) electrons. The van der Waals surface area contributed by atoms with Crippen molar-refractivity contribution < 1.29 is 32.6 Å². The lowest BCUT2D eigenvalue weighted by molar-refractivity contribution is -0.138. The zero-order valence-electron chi connectivity index (χ0n) is 18.2. The van der Waals surface area contributed by atoms with Crippen molar-refractivity contribution in [3.8, 4) is 5.75 Å². The molecule has 1 unspecified atom stereocenters. The van der Waals surface area contributed by atoms with Crippen LogP contribution in [0.5, 0.6) is 5.75 Å². The van der Waals surface area contributed by atoms with Crippen LogP contribution in [0, 0.1) is 6.92 Å². The minimum Gasteiger partial charge on any atom is -0.482 e. The van der Waals surface area contributed by atoms with Crippen LogP contribution in [-0.4, -0.2) is 54.6 Å². The minimum absolute atomic E-state index is 0.0726. The third-order valence-corrected chi connectivity index (χ3v) is 7.50. The first-order valence-electron chi connectivity index (χ1n) is 10.4. The Hall–Kier alpha value is -3.23. The molecule has 1 N–H and O–H groups in total. The lowest BCUT2D eigenvalue weighted by Crippen LogP contribution is -2.43. The van der Waals surface area contributed by atoms with Crippen LogP contribution < -0.4 is 4.74 Å². The van der Waals surface area contributed by atoms with Gasteiger partial charge in [-0.3, -0.25) is 4.79 Å². The molecule has 1 aromatic carbocycles. The number of aromatic nitrogens is 4. The zero-order chi connectivity index (χ0) is 25.8. The molecule has 15 heteroatoms. The van der Waals surface area contributed by atoms with E-state index >= 15 is 0 Å². The van der Waals surface area contributed by atoms with E-state index in [-0.39, 0.29) is 23.0 Å². The van der Waals surface area contributed by atoms with E-state index in [0.717, 1.165) is 40.2 Å². The summed E-state index contributed by atoms with van der Waals surface area (Å²) in [5.41, 5.74) is 0.239. The first-order valence-corrected chi connectivity index (χ1v) is 12.4. The highest BCUT2D eigenvalue weighted by molar-refractivity contribution is 7.16. The van der Waals surface area contributed by atoms with Crippen LogP contribution in [0.15, 0.2) is 23.6 Å². The first-order chi connectivity index (χ1) is 17.0. The number of hydrogen-bond acceptors (Lipinski definition) is 8. The van der Waals surface area contributed by atoms with Gasteiger partial charge in [0.05, 0.1) is 22.0 Å². The molecule has 3 aromatic heterocycles. The van der Waals surface area contributed by atoms with Crippen LogP contribution in [0.2, 0.25) is 5.02 Å². The number of ether oxygens (including phenoxy) is 1. The van der Waals surface area contributed by atoms with Crippen molar-refractivity contribution in [2.45, 2.75) is 25.6 Å². The standard InChI is InChI=1S/C21H15ClF3N5O4S2/c1-9-28-30-16-12(27-20(30)36-9)4-5-29(17(16)18-26-13(8-35-18)19(32)33)15(31)7-34-14-3-2-10(6-11(14)22)21(23,24)25/h2-3,6,8,17H,4-5,7H2,1H3,(H,32,33). The summed E-state index contributed by atoms with van der Waals surface area (Å²) >= 11 is 8.42. The van der Waals surface area contributed by atoms with Crippen molar-refractivity contribution in [1.29, 1.82) is 0 Å². The number of carbonyl (C=O) groups excluding carboxylic acids is 1. The maximum absolute atomic E-state index is 13.3. The number of carbonyl (C=O) groups is 2. The van der Waals surface area contributed by atoms with Gasteiger partial charge in [-0.05, 0) is 25.1 Å². The number of thiazole rings is 1. The Balaban J connectivity index is 1.46. The monoisotopic (exact) mass is 557 g/mol. The quantitative estimate of drug-likeness (QED) is 0.385. The van der Waals surface area contributed by atoms with E-state index in [9.17, 15) is 27.9 Å². The van der Waals surface area contributed by atoms with Gasteiger partial charge < -0.3 is 14.7 Å². The van der Waals surface area contributed by atoms with E-state index in [4.69, 9.17) is 16.3 Å². The second-order valence-electron chi connectivity index (χ2n) is 7.81. The number of aryl methyl sites for hydroxylation is 1. The van der Waals surface area contributed by atoms with Crippen molar-refractivity contribution in [1.82, 2.24) is 24.5 Å². The number of carboxylic acids is 1. The summed E-state index contributed by atoms with van der Waals surface area (Å²) in [6.45, 7) is 1.55. The van der Waals surface area contributed by atoms with Crippen LogP contribution >= 0.6 is 34.3 Å². The fourth-order valence-electron chi connectivity index (χ4n) is 3.91. The van der Waals surface area contributed by atoms with Gasteiger partial charge in [-0.2, -0.15) is 18.3 Å². The summed E-state index contributed by atoms with van der Waals surface area (Å²) in [5, 5.41) is 16.1. The Morgan fingerprint density at radius 3 is 2.75 bits per heavy atom. The predicted molar refractivity (Wildman–Crippen MR) is 124 cm³/mol. The van der Waals surface area contributed by atoms with Crippen molar-refractivity contribution in [2.24, 2.45) is 0 Å². The predicted octanol–water partition coefficient (Wildman–Crippen LogP) is 4.48. The molecule has 0 saturated heterocycles. The topological polar surface area (TPSA) is 110 Å². The van der Waals surface area contributed by atoms with Crippen molar-refractivity contribution in [2.75, 3.05) is 13.2 Å². The Bertz CT molecular complexity index is 1500. The summed E-state index contributed by atoms with van der Waals surface area (Å²) in [4.78, 5) is 35.7. The number of fused-ring (bicyclic) bond motifs is 3. The van der Waals surface area contributed by atoms with Crippen LogP contribution in [0.3, 0.4) is 0 Å². The van der Waals surface area contributed by atoms with E-state index in [0.29, 0.717) is 22.1 Å². The summed E-state index contributed by atoms with van der Waals surface area (Å²) in [6, 6.07) is 1.83. The van der Waals surface area contributed by atoms with Gasteiger partial charge in [0.15, 0.2) is 12.3 Å². The molecule has 0 bridgehead atoms. The van der Waals surface area contributed by atoms with Gasteiger partial charge in [0.1, 0.15) is 21.8 Å². The van der Waals surface area contributed by atoms with Crippen LogP contribution in [0.25, 0.3) is 4.96 Å². The van der Waals surface area contributed by atoms with Crippen LogP contribution in [0.4, 0.5) is 13.2 Å². The number of aromatic carboxylic acids is 1. The molecule has 0 fully saturated rings. The average Bonchev–Trinajstić information content (AvgIpc) is 3.51.